The fraction of sp³-hybridized carbons (Fsp3) is 0.500. The fourth-order valence-electron chi connectivity index (χ4n) is 4.21. The number of ether oxygens (including phenoxy) is 1. The van der Waals surface area contributed by atoms with Gasteiger partial charge in [-0.25, -0.2) is 13.2 Å². The van der Waals surface area contributed by atoms with Crippen molar-refractivity contribution in [3.63, 3.8) is 0 Å². The van der Waals surface area contributed by atoms with Crippen molar-refractivity contribution in [2.45, 2.75) is 17.8 Å². The maximum absolute atomic E-state index is 12.5. The normalized spacial score (nSPS) is 27.0. The van der Waals surface area contributed by atoms with E-state index in [1.54, 1.807) is 4.90 Å². The third kappa shape index (κ3) is 2.97. The molecule has 0 bridgehead atoms. The van der Waals surface area contributed by atoms with Crippen molar-refractivity contribution in [2.75, 3.05) is 32.5 Å². The van der Waals surface area contributed by atoms with E-state index in [9.17, 15) is 13.2 Å². The zero-order valence-corrected chi connectivity index (χ0v) is 15.5. The monoisotopic (exact) mass is 377 g/mol. The molecule has 3 atom stereocenters. The minimum absolute atomic E-state index is 0.0644. The van der Waals surface area contributed by atoms with Crippen LogP contribution in [0.2, 0.25) is 0 Å². The maximum atomic E-state index is 12.5. The van der Waals surface area contributed by atoms with Crippen LogP contribution in [0.5, 0.6) is 0 Å². The molecule has 2 aromatic rings. The summed E-state index contributed by atoms with van der Waals surface area (Å²) >= 11 is 0. The van der Waals surface area contributed by atoms with Gasteiger partial charge in [-0.05, 0) is 24.1 Å². The minimum Gasteiger partial charge on any atom is -0.380 e. The van der Waals surface area contributed by atoms with Crippen LogP contribution in [-0.4, -0.2) is 68.2 Å². The highest BCUT2D eigenvalue weighted by molar-refractivity contribution is 7.92. The molecule has 1 aromatic carbocycles. The van der Waals surface area contributed by atoms with E-state index in [-0.39, 0.29) is 30.4 Å². The lowest BCUT2D eigenvalue weighted by molar-refractivity contribution is 0.0821. The predicted octanol–water partition coefficient (Wildman–Crippen LogP) is 1.16. The number of hydrogen-bond acceptors (Lipinski definition) is 4. The van der Waals surface area contributed by atoms with E-state index in [1.165, 1.54) is 12.7 Å². The highest BCUT2D eigenvalue weighted by Gasteiger charge is 2.53. The number of carbonyl (C=O) groups excluding carboxylic acids is 1. The highest BCUT2D eigenvalue weighted by Crippen LogP contribution is 2.35. The number of nitrogens with one attached hydrogen (secondary N) is 2. The van der Waals surface area contributed by atoms with Crippen molar-refractivity contribution < 1.29 is 17.9 Å². The number of fused-ring (bicyclic) bond motifs is 2. The van der Waals surface area contributed by atoms with Gasteiger partial charge in [0.1, 0.15) is 0 Å². The van der Waals surface area contributed by atoms with Crippen molar-refractivity contribution in [1.82, 2.24) is 15.2 Å². The van der Waals surface area contributed by atoms with Gasteiger partial charge < -0.3 is 19.9 Å². The van der Waals surface area contributed by atoms with E-state index in [1.807, 2.05) is 24.4 Å². The lowest BCUT2D eigenvalue weighted by Crippen LogP contribution is -2.41. The molecule has 1 aromatic heterocycles. The van der Waals surface area contributed by atoms with Crippen molar-refractivity contribution in [1.29, 1.82) is 0 Å². The molecule has 0 aliphatic carbocycles. The molecule has 3 heterocycles. The van der Waals surface area contributed by atoms with Gasteiger partial charge in [-0.1, -0.05) is 12.1 Å². The molecule has 0 saturated carbocycles. The Morgan fingerprint density at radius 2 is 2.19 bits per heavy atom. The number of H-pyrrole nitrogens is 1. The summed E-state index contributed by atoms with van der Waals surface area (Å²) in [4.78, 5) is 17.2. The number of benzene rings is 1. The second kappa shape index (κ2) is 6.59. The average Bonchev–Trinajstić information content (AvgIpc) is 3.31. The van der Waals surface area contributed by atoms with E-state index in [2.05, 4.69) is 16.4 Å². The van der Waals surface area contributed by atoms with E-state index >= 15 is 0 Å². The zero-order chi connectivity index (χ0) is 18.3. The predicted molar refractivity (Wildman–Crippen MR) is 98.8 cm³/mol. The smallest absolute Gasteiger partial charge is 0.317 e. The van der Waals surface area contributed by atoms with Crippen LogP contribution in [0.4, 0.5) is 4.79 Å². The first-order valence-electron chi connectivity index (χ1n) is 8.82. The lowest BCUT2D eigenvalue weighted by Gasteiger charge is -2.20. The Balaban J connectivity index is 1.36. The number of methoxy groups -OCH3 is 1. The van der Waals surface area contributed by atoms with Crippen LogP contribution in [-0.2, 0) is 21.0 Å². The summed E-state index contributed by atoms with van der Waals surface area (Å²) in [5.74, 6) is -0.0565. The van der Waals surface area contributed by atoms with Crippen molar-refractivity contribution >= 4 is 26.8 Å². The summed E-state index contributed by atoms with van der Waals surface area (Å²) in [7, 11) is -1.65. The molecule has 0 spiro atoms. The summed E-state index contributed by atoms with van der Waals surface area (Å²) in [5, 5.41) is 3.59. The van der Waals surface area contributed by atoms with Gasteiger partial charge in [0.15, 0.2) is 9.84 Å². The Bertz CT molecular complexity index is 923. The van der Waals surface area contributed by atoms with Crippen LogP contribution < -0.4 is 5.32 Å². The Morgan fingerprint density at radius 3 is 3.00 bits per heavy atom. The molecule has 4 rings (SSSR count). The standard InChI is InChI=1S/C18H23N3O4S/c1-25-16-11-26(23,24)17-10-21(9-14(16)17)18(22)20-7-5-12-3-2-4-15-13(12)6-8-19-15/h2-4,6,8,14,16-17,19H,5,7,9-11H2,1H3,(H,20,22)/t14-,16+,17-/m0/s1. The number of aromatic amines is 1. The van der Waals surface area contributed by atoms with E-state index in [0.29, 0.717) is 13.1 Å². The number of amides is 2. The van der Waals surface area contributed by atoms with Crippen molar-refractivity contribution in [2.24, 2.45) is 5.92 Å². The van der Waals surface area contributed by atoms with Crippen LogP contribution in [0.3, 0.4) is 0 Å². The number of carbonyl (C=O) groups is 1. The number of likely N-dealkylation sites (tertiary alicyclic amines) is 1. The van der Waals surface area contributed by atoms with Gasteiger partial charge in [-0.3, -0.25) is 0 Å². The van der Waals surface area contributed by atoms with Crippen LogP contribution in [0, 0.1) is 5.92 Å². The summed E-state index contributed by atoms with van der Waals surface area (Å²) < 4.78 is 29.8. The third-order valence-electron chi connectivity index (χ3n) is 5.59. The molecule has 140 valence electrons. The number of aromatic nitrogens is 1. The number of hydrogen-bond donors (Lipinski definition) is 2. The van der Waals surface area contributed by atoms with Gasteiger partial charge in [-0.15, -0.1) is 0 Å². The first kappa shape index (κ1) is 17.4. The van der Waals surface area contributed by atoms with Gasteiger partial charge in [0.2, 0.25) is 0 Å². The molecule has 2 aliphatic rings. The number of nitrogens with zero attached hydrogens (tertiary/aromatic N) is 1. The molecule has 2 fully saturated rings. The Labute approximate surface area is 152 Å². The van der Waals surface area contributed by atoms with Crippen LogP contribution in [0.25, 0.3) is 10.9 Å². The van der Waals surface area contributed by atoms with Gasteiger partial charge in [-0.2, -0.15) is 0 Å². The maximum Gasteiger partial charge on any atom is 0.317 e. The van der Waals surface area contributed by atoms with Crippen LogP contribution in [0.1, 0.15) is 5.56 Å². The van der Waals surface area contributed by atoms with Crippen LogP contribution >= 0.6 is 0 Å². The SMILES string of the molecule is CO[C@@H]1CS(=O)(=O)[C@H]2CN(C(=O)NCCc3cccc4[nH]ccc34)C[C@@H]12. The molecular weight excluding hydrogens is 354 g/mol. The molecule has 2 amide bonds. The first-order valence-corrected chi connectivity index (χ1v) is 10.5. The zero-order valence-electron chi connectivity index (χ0n) is 14.6. The third-order valence-corrected chi connectivity index (χ3v) is 7.80. The molecule has 0 radical (unpaired) electrons. The quantitative estimate of drug-likeness (QED) is 0.837. The molecular formula is C18H23N3O4S. The molecule has 26 heavy (non-hydrogen) atoms. The Hall–Kier alpha value is -2.06. The minimum atomic E-state index is -3.18. The van der Waals surface area contributed by atoms with Gasteiger partial charge in [0.05, 0.1) is 17.1 Å². The van der Waals surface area contributed by atoms with E-state index in [0.717, 1.165) is 17.3 Å². The Morgan fingerprint density at radius 1 is 1.35 bits per heavy atom. The fourth-order valence-corrected chi connectivity index (χ4v) is 6.49. The second-order valence-corrected chi connectivity index (χ2v) is 9.31. The number of urea groups is 1. The van der Waals surface area contributed by atoms with Crippen molar-refractivity contribution in [3.8, 4) is 0 Å². The summed E-state index contributed by atoms with van der Waals surface area (Å²) in [5.41, 5.74) is 2.25. The second-order valence-electron chi connectivity index (χ2n) is 7.05. The molecule has 2 saturated heterocycles. The molecule has 0 unspecified atom stereocenters. The van der Waals surface area contributed by atoms with Crippen molar-refractivity contribution in [3.05, 3.63) is 36.0 Å². The van der Waals surface area contributed by atoms with E-state index < -0.39 is 15.1 Å². The molecule has 8 heteroatoms. The largest absolute Gasteiger partial charge is 0.380 e. The number of rotatable bonds is 4. The van der Waals surface area contributed by atoms with Gasteiger partial charge >= 0.3 is 6.03 Å². The lowest BCUT2D eigenvalue weighted by atomic mass is 10.0. The molecule has 7 nitrogen and oxygen atoms in total. The van der Waals surface area contributed by atoms with Gasteiger partial charge in [0, 0.05) is 49.8 Å². The molecule has 2 aliphatic heterocycles. The summed E-state index contributed by atoms with van der Waals surface area (Å²) in [6.07, 6.45) is 2.32. The molecule has 2 N–H and O–H groups in total. The highest BCUT2D eigenvalue weighted by atomic mass is 32.2. The topological polar surface area (TPSA) is 91.5 Å². The Kier molecular flexibility index (Phi) is 4.40. The summed E-state index contributed by atoms with van der Waals surface area (Å²) in [6, 6.07) is 7.90. The average molecular weight is 377 g/mol. The number of sulfone groups is 1. The van der Waals surface area contributed by atoms with Crippen LogP contribution in [0.15, 0.2) is 30.5 Å². The van der Waals surface area contributed by atoms with Gasteiger partial charge in [0.25, 0.3) is 0 Å². The first-order chi connectivity index (χ1) is 12.5. The summed E-state index contributed by atoms with van der Waals surface area (Å²) in [6.45, 7) is 1.20. The van der Waals surface area contributed by atoms with E-state index in [4.69, 9.17) is 4.74 Å².